The molecule has 0 heterocycles. The van der Waals surface area contributed by atoms with Gasteiger partial charge < -0.3 is 15.2 Å². The number of methoxy groups -OCH3 is 1. The van der Waals surface area contributed by atoms with Gasteiger partial charge in [-0.2, -0.15) is 0 Å². The molecule has 20 heavy (non-hydrogen) atoms. The Bertz CT molecular complexity index is 484. The summed E-state index contributed by atoms with van der Waals surface area (Å²) in [5, 5.41) is 12.4. The first-order valence-electron chi connectivity index (χ1n) is 6.88. The number of nitrogens with one attached hydrogen (secondary N) is 1. The highest BCUT2D eigenvalue weighted by atomic mass is 19.1. The number of halogens is 1. The number of hydrogen-bond donors (Lipinski definition) is 2. The minimum atomic E-state index is -0.636. The van der Waals surface area contributed by atoms with Gasteiger partial charge in [0.15, 0.2) is 0 Å². The van der Waals surface area contributed by atoms with Crippen molar-refractivity contribution in [3.8, 4) is 5.75 Å². The molecule has 1 aromatic carbocycles. The third-order valence-electron chi connectivity index (χ3n) is 3.91. The summed E-state index contributed by atoms with van der Waals surface area (Å²) in [6.45, 7) is -0.129. The average molecular weight is 281 g/mol. The summed E-state index contributed by atoms with van der Waals surface area (Å²) in [5.41, 5.74) is -0.740. The standard InChI is InChI=1S/C15H20FNO3/c1-20-12-7-5-6-11(16)13(12)14(19)17-15(10-18)8-3-2-4-9-15/h5-7,18H,2-4,8-10H2,1H3,(H,17,19). The lowest BCUT2D eigenvalue weighted by molar-refractivity contribution is 0.0752. The van der Waals surface area contributed by atoms with E-state index < -0.39 is 17.3 Å². The molecule has 1 amide bonds. The molecule has 0 bridgehead atoms. The number of aliphatic hydroxyl groups excluding tert-OH is 1. The van der Waals surface area contributed by atoms with Crippen molar-refractivity contribution in [2.75, 3.05) is 13.7 Å². The van der Waals surface area contributed by atoms with Crippen LogP contribution in [0.3, 0.4) is 0 Å². The summed E-state index contributed by atoms with van der Waals surface area (Å²) in [6, 6.07) is 4.27. The summed E-state index contributed by atoms with van der Waals surface area (Å²) in [7, 11) is 1.40. The minimum Gasteiger partial charge on any atom is -0.496 e. The number of amides is 1. The van der Waals surface area contributed by atoms with Crippen LogP contribution in [0.5, 0.6) is 5.75 Å². The van der Waals surface area contributed by atoms with E-state index in [1.54, 1.807) is 6.07 Å². The highest BCUT2D eigenvalue weighted by molar-refractivity contribution is 5.97. The molecule has 1 aliphatic carbocycles. The number of benzene rings is 1. The molecule has 1 fully saturated rings. The second kappa shape index (κ2) is 6.22. The van der Waals surface area contributed by atoms with Crippen LogP contribution < -0.4 is 10.1 Å². The first-order chi connectivity index (χ1) is 9.62. The van der Waals surface area contributed by atoms with E-state index in [0.29, 0.717) is 12.8 Å². The van der Waals surface area contributed by atoms with E-state index in [-0.39, 0.29) is 17.9 Å². The van der Waals surface area contributed by atoms with E-state index in [9.17, 15) is 14.3 Å². The largest absolute Gasteiger partial charge is 0.496 e. The second-order valence-electron chi connectivity index (χ2n) is 5.27. The maximum absolute atomic E-state index is 13.9. The van der Waals surface area contributed by atoms with E-state index in [2.05, 4.69) is 5.32 Å². The van der Waals surface area contributed by atoms with Gasteiger partial charge in [-0.15, -0.1) is 0 Å². The number of hydrogen-bond acceptors (Lipinski definition) is 3. The fourth-order valence-corrected chi connectivity index (χ4v) is 2.75. The molecule has 2 N–H and O–H groups in total. The Morgan fingerprint density at radius 2 is 2.10 bits per heavy atom. The number of carbonyl (C=O) groups is 1. The molecule has 1 aliphatic rings. The molecule has 4 nitrogen and oxygen atoms in total. The Kier molecular flexibility index (Phi) is 4.60. The van der Waals surface area contributed by atoms with Crippen molar-refractivity contribution in [1.29, 1.82) is 0 Å². The van der Waals surface area contributed by atoms with Crippen molar-refractivity contribution in [2.45, 2.75) is 37.6 Å². The molecular formula is C15H20FNO3. The molecule has 110 valence electrons. The number of rotatable bonds is 4. The molecule has 0 atom stereocenters. The molecule has 0 radical (unpaired) electrons. The first kappa shape index (κ1) is 14.8. The van der Waals surface area contributed by atoms with Crippen molar-refractivity contribution in [1.82, 2.24) is 5.32 Å². The van der Waals surface area contributed by atoms with E-state index >= 15 is 0 Å². The third-order valence-corrected chi connectivity index (χ3v) is 3.91. The lowest BCUT2D eigenvalue weighted by atomic mass is 9.82. The lowest BCUT2D eigenvalue weighted by Gasteiger charge is -2.36. The van der Waals surface area contributed by atoms with Gasteiger partial charge in [0.1, 0.15) is 17.1 Å². The van der Waals surface area contributed by atoms with Crippen LogP contribution in [0, 0.1) is 5.82 Å². The summed E-state index contributed by atoms with van der Waals surface area (Å²) in [6.07, 6.45) is 4.43. The average Bonchev–Trinajstić information content (AvgIpc) is 2.47. The highest BCUT2D eigenvalue weighted by Gasteiger charge is 2.34. The van der Waals surface area contributed by atoms with Crippen molar-refractivity contribution >= 4 is 5.91 Å². The Balaban J connectivity index is 2.23. The fraction of sp³-hybridized carbons (Fsp3) is 0.533. The first-order valence-corrected chi connectivity index (χ1v) is 6.88. The lowest BCUT2D eigenvalue weighted by Crippen LogP contribution is -2.52. The van der Waals surface area contributed by atoms with Crippen LogP contribution in [0.4, 0.5) is 4.39 Å². The molecule has 0 unspecified atom stereocenters. The third kappa shape index (κ3) is 2.93. The zero-order valence-electron chi connectivity index (χ0n) is 11.6. The minimum absolute atomic E-state index is 0.103. The van der Waals surface area contributed by atoms with Gasteiger partial charge in [0.2, 0.25) is 0 Å². The summed E-state index contributed by atoms with van der Waals surface area (Å²) >= 11 is 0. The van der Waals surface area contributed by atoms with Gasteiger partial charge in [-0.3, -0.25) is 4.79 Å². The van der Waals surface area contributed by atoms with E-state index in [0.717, 1.165) is 19.3 Å². The van der Waals surface area contributed by atoms with E-state index in [1.165, 1.54) is 19.2 Å². The Morgan fingerprint density at radius 3 is 2.70 bits per heavy atom. The molecule has 5 heteroatoms. The molecule has 0 aliphatic heterocycles. The summed E-state index contributed by atoms with van der Waals surface area (Å²) in [5.74, 6) is -0.951. The maximum Gasteiger partial charge on any atom is 0.258 e. The predicted molar refractivity (Wildman–Crippen MR) is 73.3 cm³/mol. The maximum atomic E-state index is 13.9. The number of ether oxygens (including phenoxy) is 1. The fourth-order valence-electron chi connectivity index (χ4n) is 2.75. The van der Waals surface area contributed by atoms with Gasteiger partial charge in [0.25, 0.3) is 5.91 Å². The Hall–Kier alpha value is -1.62. The molecular weight excluding hydrogens is 261 g/mol. The Morgan fingerprint density at radius 1 is 1.40 bits per heavy atom. The van der Waals surface area contributed by atoms with E-state index in [1.807, 2.05) is 0 Å². The van der Waals surface area contributed by atoms with Crippen LogP contribution >= 0.6 is 0 Å². The normalized spacial score (nSPS) is 17.6. The van der Waals surface area contributed by atoms with Gasteiger partial charge in [-0.1, -0.05) is 25.3 Å². The van der Waals surface area contributed by atoms with Crippen LogP contribution in [0.2, 0.25) is 0 Å². The van der Waals surface area contributed by atoms with Crippen LogP contribution in [-0.2, 0) is 0 Å². The van der Waals surface area contributed by atoms with Gasteiger partial charge >= 0.3 is 0 Å². The zero-order valence-corrected chi connectivity index (χ0v) is 11.6. The van der Waals surface area contributed by atoms with Gasteiger partial charge in [0.05, 0.1) is 19.3 Å². The SMILES string of the molecule is COc1cccc(F)c1C(=O)NC1(CO)CCCCC1. The number of carbonyl (C=O) groups excluding carboxylic acids is 1. The summed E-state index contributed by atoms with van der Waals surface area (Å²) in [4.78, 5) is 12.3. The van der Waals surface area contributed by atoms with E-state index in [4.69, 9.17) is 4.74 Å². The molecule has 1 aromatic rings. The van der Waals surface area contributed by atoms with Crippen LogP contribution in [0.25, 0.3) is 0 Å². The quantitative estimate of drug-likeness (QED) is 0.890. The molecule has 0 spiro atoms. The predicted octanol–water partition coefficient (Wildman–Crippen LogP) is 2.26. The van der Waals surface area contributed by atoms with Gasteiger partial charge in [0, 0.05) is 0 Å². The smallest absolute Gasteiger partial charge is 0.258 e. The molecule has 0 saturated heterocycles. The van der Waals surface area contributed by atoms with Gasteiger partial charge in [-0.05, 0) is 25.0 Å². The Labute approximate surface area is 117 Å². The van der Waals surface area contributed by atoms with Crippen LogP contribution in [0.1, 0.15) is 42.5 Å². The van der Waals surface area contributed by atoms with Crippen LogP contribution in [-0.4, -0.2) is 30.3 Å². The van der Waals surface area contributed by atoms with Crippen LogP contribution in [0.15, 0.2) is 18.2 Å². The van der Waals surface area contributed by atoms with Crippen molar-refractivity contribution in [2.24, 2.45) is 0 Å². The van der Waals surface area contributed by atoms with Crippen molar-refractivity contribution in [3.63, 3.8) is 0 Å². The van der Waals surface area contributed by atoms with Crippen molar-refractivity contribution < 1.29 is 19.0 Å². The highest BCUT2D eigenvalue weighted by Crippen LogP contribution is 2.29. The second-order valence-corrected chi connectivity index (χ2v) is 5.27. The molecule has 2 rings (SSSR count). The topological polar surface area (TPSA) is 58.6 Å². The molecule has 1 saturated carbocycles. The zero-order chi connectivity index (χ0) is 14.6. The number of aliphatic hydroxyl groups is 1. The summed E-state index contributed by atoms with van der Waals surface area (Å²) < 4.78 is 18.9. The monoisotopic (exact) mass is 281 g/mol. The van der Waals surface area contributed by atoms with Crippen molar-refractivity contribution in [3.05, 3.63) is 29.6 Å². The van der Waals surface area contributed by atoms with Gasteiger partial charge in [-0.25, -0.2) is 4.39 Å². The molecule has 0 aromatic heterocycles.